The highest BCUT2D eigenvalue weighted by Gasteiger charge is 1.89. The summed E-state index contributed by atoms with van der Waals surface area (Å²) in [6.07, 6.45) is 13.0. The van der Waals surface area contributed by atoms with Gasteiger partial charge in [0.25, 0.3) is 0 Å². The van der Waals surface area contributed by atoms with Crippen LogP contribution in [0.2, 0.25) is 5.28 Å². The van der Waals surface area contributed by atoms with E-state index in [1.807, 2.05) is 0 Å². The summed E-state index contributed by atoms with van der Waals surface area (Å²) >= 11 is 2.80. The summed E-state index contributed by atoms with van der Waals surface area (Å²) in [5.41, 5.74) is 0. The van der Waals surface area contributed by atoms with Crippen LogP contribution in [0.15, 0.2) is 0 Å². The molecule has 70 valence electrons. The van der Waals surface area contributed by atoms with Crippen molar-refractivity contribution in [1.29, 1.82) is 0 Å². The lowest BCUT2D eigenvalue weighted by Gasteiger charge is -2.00. The molecule has 0 rings (SSSR count). The van der Waals surface area contributed by atoms with E-state index in [1.54, 1.807) is 0 Å². The molecule has 12 heavy (non-hydrogen) atoms. The summed E-state index contributed by atoms with van der Waals surface area (Å²) in [5, 5.41) is 1.29. The monoisotopic (exact) mass is 182 g/mol. The largest absolute Gasteiger partial charge is 0.118 e. The van der Waals surface area contributed by atoms with Crippen molar-refractivity contribution in [3.05, 3.63) is 0 Å². The van der Waals surface area contributed by atoms with Gasteiger partial charge < -0.3 is 0 Å². The van der Waals surface area contributed by atoms with Gasteiger partial charge in [0.05, 0.1) is 0 Å². The van der Waals surface area contributed by atoms with Gasteiger partial charge in [0.1, 0.15) is 16.3 Å². The van der Waals surface area contributed by atoms with Gasteiger partial charge in [0.15, 0.2) is 0 Å². The molecule has 0 N–H and O–H groups in total. The van der Waals surface area contributed by atoms with Gasteiger partial charge in [-0.3, -0.25) is 0 Å². The zero-order chi connectivity index (χ0) is 9.07. The van der Waals surface area contributed by atoms with Crippen LogP contribution in [0.3, 0.4) is 0 Å². The number of unbranched alkanes of at least 4 members (excludes halogenated alkanes) is 8. The summed E-state index contributed by atoms with van der Waals surface area (Å²) in [7, 11) is 0. The molecule has 1 heteroatoms. The van der Waals surface area contributed by atoms with E-state index in [0.29, 0.717) is 0 Å². The van der Waals surface area contributed by atoms with Crippen molar-refractivity contribution >= 4 is 16.3 Å². The lowest BCUT2D eigenvalue weighted by atomic mass is 10.1. The molecule has 0 saturated heterocycles. The van der Waals surface area contributed by atoms with Crippen molar-refractivity contribution < 1.29 is 0 Å². The van der Waals surface area contributed by atoms with Crippen LogP contribution in [0, 0.1) is 0 Å². The Bertz CT molecular complexity index is 61.4. The Morgan fingerprint density at radius 2 is 1.08 bits per heavy atom. The molecule has 0 amide bonds. The van der Waals surface area contributed by atoms with Crippen molar-refractivity contribution in [1.82, 2.24) is 0 Å². The van der Waals surface area contributed by atoms with Crippen LogP contribution >= 0.6 is 0 Å². The first-order valence-electron chi connectivity index (χ1n) is 5.62. The number of rotatable bonds is 9. The minimum atomic E-state index is 1.29. The molecule has 0 fully saturated rings. The quantitative estimate of drug-likeness (QED) is 0.372. The summed E-state index contributed by atoms with van der Waals surface area (Å²) in [6.45, 7) is 2.28. The number of hydrogen-bond donors (Lipinski definition) is 0. The molecule has 0 aromatic heterocycles. The van der Waals surface area contributed by atoms with Gasteiger partial charge in [-0.25, -0.2) is 0 Å². The maximum absolute atomic E-state index is 2.80. The Kier molecular flexibility index (Phi) is 12.0. The smallest absolute Gasteiger partial charge is 0.118 e. The second kappa shape index (κ2) is 11.5. The lowest BCUT2D eigenvalue weighted by Crippen LogP contribution is -1.80. The van der Waals surface area contributed by atoms with Gasteiger partial charge in [-0.05, 0) is 0 Å². The third-order valence-electron chi connectivity index (χ3n) is 2.31. The van der Waals surface area contributed by atoms with E-state index in [-0.39, 0.29) is 0 Å². The third kappa shape index (κ3) is 10.5. The van der Waals surface area contributed by atoms with Crippen molar-refractivity contribution in [2.45, 2.75) is 70.0 Å². The van der Waals surface area contributed by atoms with E-state index in [1.165, 1.54) is 63.1 Å². The second-order valence-corrected chi connectivity index (χ2v) is 4.19. The predicted molar refractivity (Wildman–Crippen MR) is 57.8 cm³/mol. The predicted octanol–water partition coefficient (Wildman–Crippen LogP) is 4.10. The highest BCUT2D eigenvalue weighted by molar-refractivity contribution is 6.08. The minimum Gasteiger partial charge on any atom is -0.118 e. The highest BCUT2D eigenvalue weighted by Crippen LogP contribution is 2.09. The van der Waals surface area contributed by atoms with E-state index in [2.05, 4.69) is 23.2 Å². The van der Waals surface area contributed by atoms with Crippen LogP contribution in [0.1, 0.15) is 64.7 Å². The van der Waals surface area contributed by atoms with Gasteiger partial charge in [0.2, 0.25) is 0 Å². The summed E-state index contributed by atoms with van der Waals surface area (Å²) in [4.78, 5) is 0. The average molecular weight is 182 g/mol. The van der Waals surface area contributed by atoms with Gasteiger partial charge in [-0.1, -0.05) is 64.7 Å². The summed E-state index contributed by atoms with van der Waals surface area (Å²) in [5.74, 6) is 0. The Morgan fingerprint density at radius 1 is 0.667 bits per heavy atom. The Hall–Kier alpha value is 0.532. The molecule has 0 atom stereocenters. The van der Waals surface area contributed by atoms with E-state index in [4.69, 9.17) is 0 Å². The molecule has 0 spiro atoms. The Morgan fingerprint density at radius 3 is 1.50 bits per heavy atom. The molecule has 0 aliphatic rings. The zero-order valence-electron chi connectivity index (χ0n) is 8.65. The molecule has 0 aliphatic carbocycles. The molecule has 0 saturated carbocycles. The van der Waals surface area contributed by atoms with Crippen LogP contribution in [0.4, 0.5) is 0 Å². The van der Waals surface area contributed by atoms with Crippen LogP contribution in [-0.2, 0) is 0 Å². The summed E-state index contributed by atoms with van der Waals surface area (Å²) < 4.78 is 0. The van der Waals surface area contributed by atoms with Gasteiger partial charge >= 0.3 is 0 Å². The van der Waals surface area contributed by atoms with Crippen molar-refractivity contribution in [3.8, 4) is 0 Å². The topological polar surface area (TPSA) is 0 Å². The zero-order valence-corrected chi connectivity index (χ0v) is 9.80. The molecule has 0 aliphatic heterocycles. The fourth-order valence-corrected chi connectivity index (χ4v) is 1.74. The van der Waals surface area contributed by atoms with Gasteiger partial charge in [-0.2, -0.15) is 0 Å². The fraction of sp³-hybridized carbons (Fsp3) is 1.00. The Labute approximate surface area is 86.6 Å². The molecule has 0 heterocycles. The van der Waals surface area contributed by atoms with Crippen molar-refractivity contribution in [2.75, 3.05) is 0 Å². The van der Waals surface area contributed by atoms with Crippen molar-refractivity contribution in [3.63, 3.8) is 0 Å². The third-order valence-corrected chi connectivity index (χ3v) is 2.72. The summed E-state index contributed by atoms with van der Waals surface area (Å²) in [6, 6.07) is 0. The molecule has 0 bridgehead atoms. The average Bonchev–Trinajstić information content (AvgIpc) is 2.10. The SMILES string of the molecule is CCCCCCCCCC[CH2][Al]. The molecular weight excluding hydrogens is 159 g/mol. The maximum atomic E-state index is 2.80. The van der Waals surface area contributed by atoms with Gasteiger partial charge in [-0.15, -0.1) is 5.28 Å². The molecule has 0 aromatic rings. The first-order chi connectivity index (χ1) is 5.91. The van der Waals surface area contributed by atoms with Gasteiger partial charge in [0, 0.05) is 0 Å². The van der Waals surface area contributed by atoms with E-state index in [9.17, 15) is 0 Å². The maximum Gasteiger partial charge on any atom is 0.118 e. The minimum absolute atomic E-state index is 1.29. The lowest BCUT2D eigenvalue weighted by molar-refractivity contribution is 0.572. The fourth-order valence-electron chi connectivity index (χ4n) is 1.45. The first kappa shape index (κ1) is 12.5. The van der Waals surface area contributed by atoms with E-state index < -0.39 is 0 Å². The molecule has 0 aromatic carbocycles. The highest BCUT2D eigenvalue weighted by atomic mass is 27.0. The van der Waals surface area contributed by atoms with E-state index >= 15 is 0 Å². The Balaban J connectivity index is 2.73. The van der Waals surface area contributed by atoms with Crippen LogP contribution < -0.4 is 0 Å². The van der Waals surface area contributed by atoms with Crippen molar-refractivity contribution in [2.24, 2.45) is 0 Å². The van der Waals surface area contributed by atoms with Crippen LogP contribution in [0.25, 0.3) is 0 Å². The van der Waals surface area contributed by atoms with Crippen LogP contribution in [0.5, 0.6) is 0 Å². The molecule has 0 unspecified atom stereocenters. The van der Waals surface area contributed by atoms with E-state index in [0.717, 1.165) is 0 Å². The first-order valence-corrected chi connectivity index (χ1v) is 6.43. The second-order valence-electron chi connectivity index (χ2n) is 3.62. The van der Waals surface area contributed by atoms with Crippen LogP contribution in [-0.4, -0.2) is 16.3 Å². The molecular formula is C11H23Al. The number of hydrogen-bond acceptors (Lipinski definition) is 0. The standard InChI is InChI=1S/C11H23.Al/c1-3-5-7-9-11-10-8-6-4-2;/h1,3-11H2,2H3;. The molecule has 0 nitrogen and oxygen atoms in total. The molecule has 2 radical (unpaired) electrons. The normalized spacial score (nSPS) is 10.4.